The molecule has 0 bridgehead atoms. The highest BCUT2D eigenvalue weighted by atomic mass is 16.4. The normalized spacial score (nSPS) is 19.3. The van der Waals surface area contributed by atoms with Crippen molar-refractivity contribution in [2.75, 3.05) is 6.54 Å². The third-order valence-electron chi connectivity index (χ3n) is 3.11. The number of nitrogens with one attached hydrogen (secondary N) is 1. The number of nitrogens with two attached hydrogens (primary N) is 1. The molecule has 108 valence electrons. The maximum atomic E-state index is 12.1. The number of rotatable bonds is 5. The number of carboxylic acid groups (broad SMARTS) is 1. The highest BCUT2D eigenvalue weighted by Crippen LogP contribution is 2.21. The molecular formula is C12H21N3O4. The molecule has 4 N–H and O–H groups in total. The molecule has 3 amide bonds. The molecule has 0 aromatic heterocycles. The van der Waals surface area contributed by atoms with Gasteiger partial charge in [-0.1, -0.05) is 0 Å². The van der Waals surface area contributed by atoms with Crippen molar-refractivity contribution in [2.24, 2.45) is 5.73 Å². The highest BCUT2D eigenvalue weighted by Gasteiger charge is 2.33. The van der Waals surface area contributed by atoms with Crippen LogP contribution in [0.1, 0.15) is 39.5 Å². The van der Waals surface area contributed by atoms with Gasteiger partial charge in [0.15, 0.2) is 0 Å². The maximum Gasteiger partial charge on any atom is 0.318 e. The fraction of sp³-hybridized carbons (Fsp3) is 0.750. The van der Waals surface area contributed by atoms with Gasteiger partial charge < -0.3 is 21.1 Å². The Kier molecular flexibility index (Phi) is 4.74. The summed E-state index contributed by atoms with van der Waals surface area (Å²) in [6.07, 6.45) is 1.47. The van der Waals surface area contributed by atoms with E-state index in [1.54, 1.807) is 13.8 Å². The number of carbonyl (C=O) groups excluding carboxylic acids is 2. The third kappa shape index (κ3) is 4.76. The molecule has 1 heterocycles. The van der Waals surface area contributed by atoms with Gasteiger partial charge in [-0.25, -0.2) is 4.79 Å². The molecule has 1 unspecified atom stereocenters. The van der Waals surface area contributed by atoms with E-state index in [2.05, 4.69) is 5.32 Å². The largest absolute Gasteiger partial charge is 0.481 e. The maximum absolute atomic E-state index is 12.1. The summed E-state index contributed by atoms with van der Waals surface area (Å²) in [6, 6.07) is -0.614. The van der Waals surface area contributed by atoms with Gasteiger partial charge >= 0.3 is 12.0 Å². The van der Waals surface area contributed by atoms with Gasteiger partial charge in [0.05, 0.1) is 6.42 Å². The van der Waals surface area contributed by atoms with E-state index in [-0.39, 0.29) is 24.9 Å². The SMILES string of the molecule is CC(C)(CC(N)=O)NC(=O)N1CCCC1CC(=O)O. The van der Waals surface area contributed by atoms with Crippen molar-refractivity contribution < 1.29 is 19.5 Å². The van der Waals surface area contributed by atoms with Crippen LogP contribution >= 0.6 is 0 Å². The number of likely N-dealkylation sites (tertiary alicyclic amines) is 1. The molecule has 0 radical (unpaired) electrons. The van der Waals surface area contributed by atoms with Gasteiger partial charge in [-0.2, -0.15) is 0 Å². The molecule has 1 rings (SSSR count). The number of urea groups is 1. The number of amides is 3. The summed E-state index contributed by atoms with van der Waals surface area (Å²) in [5, 5.41) is 11.5. The molecule has 0 saturated carbocycles. The van der Waals surface area contributed by atoms with Gasteiger partial charge in [0.1, 0.15) is 0 Å². The first kappa shape index (κ1) is 15.3. The van der Waals surface area contributed by atoms with Crippen LogP contribution in [0.25, 0.3) is 0 Å². The van der Waals surface area contributed by atoms with Crippen LogP contribution in [-0.2, 0) is 9.59 Å². The Morgan fingerprint density at radius 3 is 2.58 bits per heavy atom. The molecule has 0 spiro atoms. The zero-order valence-corrected chi connectivity index (χ0v) is 11.3. The first-order valence-electron chi connectivity index (χ1n) is 6.30. The Labute approximate surface area is 112 Å². The van der Waals surface area contributed by atoms with Crippen LogP contribution in [0.3, 0.4) is 0 Å². The van der Waals surface area contributed by atoms with E-state index in [9.17, 15) is 14.4 Å². The monoisotopic (exact) mass is 271 g/mol. The Morgan fingerprint density at radius 2 is 2.05 bits per heavy atom. The van der Waals surface area contributed by atoms with Gasteiger partial charge in [-0.15, -0.1) is 0 Å². The van der Waals surface area contributed by atoms with Gasteiger partial charge in [-0.05, 0) is 26.7 Å². The average Bonchev–Trinajstić information content (AvgIpc) is 2.61. The van der Waals surface area contributed by atoms with Crippen molar-refractivity contribution in [1.29, 1.82) is 0 Å². The minimum atomic E-state index is -0.916. The minimum Gasteiger partial charge on any atom is -0.481 e. The molecule has 1 aliphatic heterocycles. The number of primary amides is 1. The quantitative estimate of drug-likeness (QED) is 0.667. The van der Waals surface area contributed by atoms with Crippen molar-refractivity contribution in [3.63, 3.8) is 0 Å². The van der Waals surface area contributed by atoms with Gasteiger partial charge in [0, 0.05) is 24.5 Å². The zero-order chi connectivity index (χ0) is 14.6. The zero-order valence-electron chi connectivity index (χ0n) is 11.3. The molecule has 1 atom stereocenters. The Hall–Kier alpha value is -1.79. The molecule has 0 aliphatic carbocycles. The highest BCUT2D eigenvalue weighted by molar-refractivity contribution is 5.79. The summed E-state index contributed by atoms with van der Waals surface area (Å²) in [5.74, 6) is -1.41. The van der Waals surface area contributed by atoms with Crippen LogP contribution in [-0.4, -0.2) is 46.0 Å². The second-order valence-corrected chi connectivity index (χ2v) is 5.54. The summed E-state index contributed by atoms with van der Waals surface area (Å²) in [5.41, 5.74) is 4.38. The van der Waals surface area contributed by atoms with Crippen molar-refractivity contribution in [2.45, 2.75) is 51.1 Å². The number of hydrogen-bond acceptors (Lipinski definition) is 3. The number of carboxylic acids is 1. The van der Waals surface area contributed by atoms with E-state index >= 15 is 0 Å². The van der Waals surface area contributed by atoms with Gasteiger partial charge in [0.2, 0.25) is 5.91 Å². The summed E-state index contributed by atoms with van der Waals surface area (Å²) >= 11 is 0. The standard InChI is InChI=1S/C12H21N3O4/c1-12(2,7-9(13)16)14-11(19)15-5-3-4-8(15)6-10(17)18/h8H,3-7H2,1-2H3,(H2,13,16)(H,14,19)(H,17,18). The predicted octanol–water partition coefficient (Wildman–Crippen LogP) is 0.289. The van der Waals surface area contributed by atoms with Crippen LogP contribution in [0.2, 0.25) is 0 Å². The number of nitrogens with zero attached hydrogens (tertiary/aromatic N) is 1. The average molecular weight is 271 g/mol. The molecule has 7 nitrogen and oxygen atoms in total. The van der Waals surface area contributed by atoms with Gasteiger partial charge in [-0.3, -0.25) is 9.59 Å². The molecule has 7 heteroatoms. The fourth-order valence-corrected chi connectivity index (χ4v) is 2.36. The van der Waals surface area contributed by atoms with E-state index in [4.69, 9.17) is 10.8 Å². The summed E-state index contributed by atoms with van der Waals surface area (Å²) in [4.78, 5) is 35.3. The summed E-state index contributed by atoms with van der Waals surface area (Å²) < 4.78 is 0. The van der Waals surface area contributed by atoms with Crippen molar-refractivity contribution in [3.8, 4) is 0 Å². The van der Waals surface area contributed by atoms with E-state index in [0.717, 1.165) is 6.42 Å². The Bertz CT molecular complexity index is 381. The molecule has 1 fully saturated rings. The summed E-state index contributed by atoms with van der Waals surface area (Å²) in [7, 11) is 0. The van der Waals surface area contributed by atoms with E-state index < -0.39 is 17.4 Å². The van der Waals surface area contributed by atoms with Crippen molar-refractivity contribution in [1.82, 2.24) is 10.2 Å². The Balaban J connectivity index is 2.61. The van der Waals surface area contributed by atoms with Crippen LogP contribution in [0.4, 0.5) is 4.79 Å². The molecular weight excluding hydrogens is 250 g/mol. The Morgan fingerprint density at radius 1 is 1.42 bits per heavy atom. The van der Waals surface area contributed by atoms with Crippen LogP contribution in [0.5, 0.6) is 0 Å². The fourth-order valence-electron chi connectivity index (χ4n) is 2.36. The predicted molar refractivity (Wildman–Crippen MR) is 68.4 cm³/mol. The van der Waals surface area contributed by atoms with E-state index in [1.807, 2.05) is 0 Å². The third-order valence-corrected chi connectivity index (χ3v) is 3.11. The number of hydrogen-bond donors (Lipinski definition) is 3. The molecule has 0 aromatic carbocycles. The number of carbonyl (C=O) groups is 3. The van der Waals surface area contributed by atoms with Crippen molar-refractivity contribution >= 4 is 17.9 Å². The first-order valence-corrected chi connectivity index (χ1v) is 6.30. The minimum absolute atomic E-state index is 0.0379. The lowest BCUT2D eigenvalue weighted by molar-refractivity contribution is -0.138. The molecule has 1 aliphatic rings. The molecule has 19 heavy (non-hydrogen) atoms. The van der Waals surface area contributed by atoms with E-state index in [1.165, 1.54) is 4.90 Å². The topological polar surface area (TPSA) is 113 Å². The van der Waals surface area contributed by atoms with Crippen molar-refractivity contribution in [3.05, 3.63) is 0 Å². The van der Waals surface area contributed by atoms with Crippen LogP contribution in [0, 0.1) is 0 Å². The summed E-state index contributed by atoms with van der Waals surface area (Å²) in [6.45, 7) is 3.95. The molecule has 1 saturated heterocycles. The second-order valence-electron chi connectivity index (χ2n) is 5.54. The lowest BCUT2D eigenvalue weighted by atomic mass is 10.0. The lowest BCUT2D eigenvalue weighted by Crippen LogP contribution is -2.52. The van der Waals surface area contributed by atoms with Crippen LogP contribution < -0.4 is 11.1 Å². The number of aliphatic carboxylic acids is 1. The smallest absolute Gasteiger partial charge is 0.318 e. The van der Waals surface area contributed by atoms with Gasteiger partial charge in [0.25, 0.3) is 0 Å². The lowest BCUT2D eigenvalue weighted by Gasteiger charge is -2.30. The van der Waals surface area contributed by atoms with Crippen LogP contribution in [0.15, 0.2) is 0 Å². The molecule has 0 aromatic rings. The first-order chi connectivity index (χ1) is 8.71. The second kappa shape index (κ2) is 5.90. The van der Waals surface area contributed by atoms with E-state index in [0.29, 0.717) is 13.0 Å².